The van der Waals surface area contributed by atoms with Gasteiger partial charge in [-0.2, -0.15) is 10.1 Å². The zero-order valence-corrected chi connectivity index (χ0v) is 16.5. The maximum Gasteiger partial charge on any atom is 0.224 e. The second-order valence-corrected chi connectivity index (χ2v) is 9.99. The van der Waals surface area contributed by atoms with Gasteiger partial charge in [-0.25, -0.2) is 14.1 Å². The van der Waals surface area contributed by atoms with Crippen molar-refractivity contribution >= 4 is 51.5 Å². The van der Waals surface area contributed by atoms with Gasteiger partial charge in [-0.3, -0.25) is 0 Å². The van der Waals surface area contributed by atoms with Crippen LogP contribution in [0, 0.1) is 5.82 Å². The van der Waals surface area contributed by atoms with Gasteiger partial charge in [0.15, 0.2) is 5.82 Å². The molecule has 0 saturated carbocycles. The monoisotopic (exact) mass is 443 g/mol. The smallest absolute Gasteiger partial charge is 0.224 e. The topological polar surface area (TPSA) is 72.7 Å². The third-order valence-electron chi connectivity index (χ3n) is 3.34. The lowest BCUT2D eigenvalue weighted by atomic mass is 10.2. The van der Waals surface area contributed by atoms with Crippen LogP contribution in [0.5, 0.6) is 0 Å². The second kappa shape index (κ2) is 6.86. The van der Waals surface area contributed by atoms with E-state index in [0.717, 1.165) is 6.20 Å². The predicted molar refractivity (Wildman–Crippen MR) is 101 cm³/mol. The molecular formula is C15H13BrClFN5OP. The van der Waals surface area contributed by atoms with Crippen LogP contribution in [-0.4, -0.2) is 33.1 Å². The van der Waals surface area contributed by atoms with Gasteiger partial charge < -0.3 is 9.88 Å². The van der Waals surface area contributed by atoms with Crippen molar-refractivity contribution in [2.75, 3.05) is 18.6 Å². The van der Waals surface area contributed by atoms with E-state index in [1.807, 2.05) is 0 Å². The van der Waals surface area contributed by atoms with Crippen LogP contribution in [0.25, 0.3) is 5.69 Å². The van der Waals surface area contributed by atoms with Crippen LogP contribution in [0.4, 0.5) is 15.9 Å². The molecule has 2 heterocycles. The van der Waals surface area contributed by atoms with Crippen molar-refractivity contribution < 1.29 is 8.96 Å². The van der Waals surface area contributed by atoms with Crippen molar-refractivity contribution in [3.8, 4) is 5.69 Å². The van der Waals surface area contributed by atoms with Crippen LogP contribution < -0.4 is 10.6 Å². The lowest BCUT2D eigenvalue weighted by molar-refractivity contribution is 0.588. The van der Waals surface area contributed by atoms with Crippen LogP contribution in [-0.2, 0) is 4.57 Å². The molecule has 0 bridgehead atoms. The minimum atomic E-state index is -2.65. The third kappa shape index (κ3) is 4.08. The number of hydrogen-bond acceptors (Lipinski definition) is 5. The van der Waals surface area contributed by atoms with Crippen molar-refractivity contribution in [1.82, 2.24) is 19.7 Å². The largest absolute Gasteiger partial charge is 0.339 e. The number of benzene rings is 1. The van der Waals surface area contributed by atoms with Gasteiger partial charge in [0.25, 0.3) is 0 Å². The summed E-state index contributed by atoms with van der Waals surface area (Å²) in [6.45, 7) is 3.31. The van der Waals surface area contributed by atoms with Crippen LogP contribution in [0.1, 0.15) is 0 Å². The summed E-state index contributed by atoms with van der Waals surface area (Å²) in [5.41, 5.74) is 1.22. The number of anilines is 2. The van der Waals surface area contributed by atoms with Crippen molar-refractivity contribution in [2.24, 2.45) is 0 Å². The summed E-state index contributed by atoms with van der Waals surface area (Å²) < 4.78 is 28.0. The first-order valence-corrected chi connectivity index (χ1v) is 10.9. The fourth-order valence-electron chi connectivity index (χ4n) is 2.22. The highest BCUT2D eigenvalue weighted by molar-refractivity contribution is 9.10. The first-order valence-electron chi connectivity index (χ1n) is 7.09. The molecular weight excluding hydrogens is 432 g/mol. The Bertz CT molecular complexity index is 990. The molecule has 2 aromatic heterocycles. The van der Waals surface area contributed by atoms with Crippen molar-refractivity contribution in [2.45, 2.75) is 0 Å². The summed E-state index contributed by atoms with van der Waals surface area (Å²) in [4.78, 5) is 7.99. The quantitative estimate of drug-likeness (QED) is 0.482. The zero-order chi connectivity index (χ0) is 18.2. The lowest BCUT2D eigenvalue weighted by Crippen LogP contribution is -2.12. The number of hydrogen-bond donors (Lipinski definition) is 1. The second-order valence-electron chi connectivity index (χ2n) is 5.62. The van der Waals surface area contributed by atoms with E-state index in [1.165, 1.54) is 17.1 Å². The fraction of sp³-hybridized carbons (Fsp3) is 0.133. The molecule has 0 radical (unpaired) electrons. The molecule has 0 atom stereocenters. The molecule has 6 nitrogen and oxygen atoms in total. The van der Waals surface area contributed by atoms with Crippen LogP contribution >= 0.6 is 34.7 Å². The molecule has 0 aliphatic heterocycles. The molecule has 1 aromatic carbocycles. The number of rotatable bonds is 4. The van der Waals surface area contributed by atoms with Crippen molar-refractivity contribution in [1.29, 1.82) is 0 Å². The summed E-state index contributed by atoms with van der Waals surface area (Å²) in [6.07, 6.45) is 3.89. The van der Waals surface area contributed by atoms with E-state index in [4.69, 9.17) is 11.6 Å². The van der Waals surface area contributed by atoms with Gasteiger partial charge in [0.1, 0.15) is 13.0 Å². The van der Waals surface area contributed by atoms with Crippen LogP contribution in [0.15, 0.2) is 41.3 Å². The van der Waals surface area contributed by atoms with Gasteiger partial charge in [-0.15, -0.1) is 0 Å². The maximum absolute atomic E-state index is 13.2. The number of nitrogens with zero attached hydrogens (tertiary/aromatic N) is 4. The maximum atomic E-state index is 13.2. The minimum absolute atomic E-state index is 0.0899. The highest BCUT2D eigenvalue weighted by atomic mass is 79.9. The first kappa shape index (κ1) is 18.0. The molecule has 3 rings (SSSR count). The summed E-state index contributed by atoms with van der Waals surface area (Å²) in [6, 6.07) is 5.20. The van der Waals surface area contributed by atoms with E-state index in [-0.39, 0.29) is 5.28 Å². The molecule has 0 spiro atoms. The molecule has 0 aliphatic carbocycles. The molecule has 25 heavy (non-hydrogen) atoms. The van der Waals surface area contributed by atoms with Gasteiger partial charge in [0.2, 0.25) is 5.28 Å². The minimum Gasteiger partial charge on any atom is -0.339 e. The Kier molecular flexibility index (Phi) is 4.95. The SMILES string of the molecule is CP(C)(=O)c1cc(-n2cc(F)cn2)ccc1Nc1nc(Cl)ncc1Br. The van der Waals surface area contributed by atoms with Crippen LogP contribution in [0.2, 0.25) is 5.28 Å². The van der Waals surface area contributed by atoms with E-state index >= 15 is 0 Å². The van der Waals surface area contributed by atoms with Crippen molar-refractivity contribution in [3.63, 3.8) is 0 Å². The predicted octanol–water partition coefficient (Wildman–Crippen LogP) is 4.21. The average Bonchev–Trinajstić information content (AvgIpc) is 2.97. The Balaban J connectivity index is 2.07. The van der Waals surface area contributed by atoms with E-state index < -0.39 is 13.0 Å². The summed E-state index contributed by atoms with van der Waals surface area (Å²) in [5.74, 6) is 0.00655. The van der Waals surface area contributed by atoms with E-state index in [0.29, 0.717) is 27.0 Å². The summed E-state index contributed by atoms with van der Waals surface area (Å²) in [5, 5.41) is 7.72. The Labute approximate surface area is 156 Å². The lowest BCUT2D eigenvalue weighted by Gasteiger charge is -2.17. The Morgan fingerprint density at radius 3 is 2.72 bits per heavy atom. The summed E-state index contributed by atoms with van der Waals surface area (Å²) in [7, 11) is -2.65. The van der Waals surface area contributed by atoms with Gasteiger partial charge in [-0.1, -0.05) is 0 Å². The van der Waals surface area contributed by atoms with Gasteiger partial charge in [0.05, 0.1) is 28.2 Å². The van der Waals surface area contributed by atoms with E-state index in [2.05, 4.69) is 36.3 Å². The van der Waals surface area contributed by atoms with Crippen LogP contribution in [0.3, 0.4) is 0 Å². The number of nitrogens with one attached hydrogen (secondary N) is 1. The first-order chi connectivity index (χ1) is 11.7. The molecule has 130 valence electrons. The molecule has 0 fully saturated rings. The van der Waals surface area contributed by atoms with E-state index in [9.17, 15) is 8.96 Å². The van der Waals surface area contributed by atoms with Gasteiger partial charge in [-0.05, 0) is 59.1 Å². The van der Waals surface area contributed by atoms with Gasteiger partial charge in [0, 0.05) is 11.5 Å². The highest BCUT2D eigenvalue weighted by Crippen LogP contribution is 2.39. The average molecular weight is 445 g/mol. The molecule has 10 heteroatoms. The van der Waals surface area contributed by atoms with Crippen molar-refractivity contribution in [3.05, 3.63) is 52.4 Å². The molecule has 3 aromatic rings. The van der Waals surface area contributed by atoms with E-state index in [1.54, 1.807) is 31.5 Å². The molecule has 0 aliphatic rings. The standard InChI is InChI=1S/C15H13BrClFN5OP/c1-25(2,24)13-5-10(23-8-9(18)6-20-23)3-4-12(13)21-14-11(16)7-19-15(17)22-14/h3-8H,1-2H3,(H,19,21,22). The highest BCUT2D eigenvalue weighted by Gasteiger charge is 2.19. The number of aromatic nitrogens is 4. The third-order valence-corrected chi connectivity index (χ3v) is 5.64. The summed E-state index contributed by atoms with van der Waals surface area (Å²) >= 11 is 9.18. The molecule has 0 saturated heterocycles. The fourth-order valence-corrected chi connectivity index (χ4v) is 3.79. The number of halogens is 3. The molecule has 0 unspecified atom stereocenters. The Morgan fingerprint density at radius 1 is 1.32 bits per heavy atom. The Hall–Kier alpha value is -1.76. The molecule has 1 N–H and O–H groups in total. The Morgan fingerprint density at radius 2 is 2.08 bits per heavy atom. The zero-order valence-electron chi connectivity index (χ0n) is 13.2. The molecule has 0 amide bonds. The normalized spacial score (nSPS) is 11.6. The van der Waals surface area contributed by atoms with Gasteiger partial charge >= 0.3 is 0 Å².